The fourth-order valence-electron chi connectivity index (χ4n) is 3.48. The van der Waals surface area contributed by atoms with Crippen molar-refractivity contribution in [3.63, 3.8) is 0 Å². The molecule has 0 spiro atoms. The highest BCUT2D eigenvalue weighted by Crippen LogP contribution is 2.35. The van der Waals surface area contributed by atoms with Gasteiger partial charge in [-0.15, -0.1) is 0 Å². The number of nitrogens with zero attached hydrogens (tertiary/aromatic N) is 2. The van der Waals surface area contributed by atoms with Crippen molar-refractivity contribution in [3.05, 3.63) is 101 Å². The van der Waals surface area contributed by atoms with Gasteiger partial charge in [-0.3, -0.25) is 9.88 Å². The summed E-state index contributed by atoms with van der Waals surface area (Å²) in [5, 5.41) is 0. The van der Waals surface area contributed by atoms with Crippen LogP contribution in [-0.2, 0) is 17.8 Å². The van der Waals surface area contributed by atoms with Gasteiger partial charge in [0, 0.05) is 24.5 Å². The molecular formula is C22H19FN2O2. The zero-order chi connectivity index (χ0) is 18.6. The van der Waals surface area contributed by atoms with Gasteiger partial charge in [0.05, 0.1) is 6.04 Å². The summed E-state index contributed by atoms with van der Waals surface area (Å²) in [6.45, 7) is 0.714. The molecular weight excluding hydrogens is 343 g/mol. The minimum Gasteiger partial charge on any atom is -0.444 e. The number of hydrogen-bond donors (Lipinski definition) is 0. The molecule has 1 aliphatic heterocycles. The third-order valence-corrected chi connectivity index (χ3v) is 4.79. The molecule has 1 aliphatic rings. The molecule has 1 aromatic heterocycles. The molecule has 0 N–H and O–H groups in total. The Morgan fingerprint density at radius 2 is 1.93 bits per heavy atom. The summed E-state index contributed by atoms with van der Waals surface area (Å²) in [6.07, 6.45) is 3.73. The molecule has 0 aliphatic carbocycles. The number of fused-ring (bicyclic) bond motifs is 1. The maximum Gasteiger partial charge on any atom is 0.410 e. The van der Waals surface area contributed by atoms with Gasteiger partial charge in [0.1, 0.15) is 12.4 Å². The van der Waals surface area contributed by atoms with Gasteiger partial charge >= 0.3 is 6.09 Å². The first-order valence-corrected chi connectivity index (χ1v) is 8.88. The van der Waals surface area contributed by atoms with E-state index >= 15 is 0 Å². The molecule has 0 saturated heterocycles. The fourth-order valence-corrected chi connectivity index (χ4v) is 3.48. The number of benzene rings is 2. The second-order valence-corrected chi connectivity index (χ2v) is 6.51. The van der Waals surface area contributed by atoms with Crippen LogP contribution in [0.4, 0.5) is 9.18 Å². The molecule has 4 nitrogen and oxygen atoms in total. The van der Waals surface area contributed by atoms with Crippen molar-refractivity contribution in [2.45, 2.75) is 19.1 Å². The van der Waals surface area contributed by atoms with E-state index in [1.54, 1.807) is 29.4 Å². The maximum absolute atomic E-state index is 13.4. The lowest BCUT2D eigenvalue weighted by atomic mass is 9.88. The van der Waals surface area contributed by atoms with Crippen molar-refractivity contribution < 1.29 is 13.9 Å². The van der Waals surface area contributed by atoms with Gasteiger partial charge in [-0.1, -0.05) is 42.5 Å². The second kappa shape index (κ2) is 7.58. The first kappa shape index (κ1) is 17.2. The zero-order valence-electron chi connectivity index (χ0n) is 14.7. The summed E-state index contributed by atoms with van der Waals surface area (Å²) >= 11 is 0. The third-order valence-electron chi connectivity index (χ3n) is 4.79. The van der Waals surface area contributed by atoms with Gasteiger partial charge in [-0.2, -0.15) is 0 Å². The lowest BCUT2D eigenvalue weighted by Crippen LogP contribution is -2.40. The molecule has 2 heterocycles. The molecule has 1 atom stereocenters. The average Bonchev–Trinajstić information content (AvgIpc) is 2.72. The molecule has 0 bridgehead atoms. The quantitative estimate of drug-likeness (QED) is 0.689. The monoisotopic (exact) mass is 362 g/mol. The van der Waals surface area contributed by atoms with E-state index in [-0.39, 0.29) is 24.6 Å². The summed E-state index contributed by atoms with van der Waals surface area (Å²) in [6, 6.07) is 17.7. The Bertz CT molecular complexity index is 929. The Morgan fingerprint density at radius 1 is 1.11 bits per heavy atom. The summed E-state index contributed by atoms with van der Waals surface area (Å²) in [5.74, 6) is -0.298. The van der Waals surface area contributed by atoms with Gasteiger partial charge < -0.3 is 4.74 Å². The van der Waals surface area contributed by atoms with Crippen LogP contribution >= 0.6 is 0 Å². The van der Waals surface area contributed by atoms with E-state index in [0.29, 0.717) is 6.54 Å². The maximum atomic E-state index is 13.4. The van der Waals surface area contributed by atoms with Crippen molar-refractivity contribution in [1.29, 1.82) is 0 Å². The molecule has 1 amide bonds. The summed E-state index contributed by atoms with van der Waals surface area (Å²) in [4.78, 5) is 18.6. The number of aromatic nitrogens is 1. The molecule has 2 aromatic carbocycles. The standard InChI is InChI=1S/C22H19FN2O2/c23-19-9-7-18(8-10-19)21-20-6-2-1-5-17(20)11-13-25(21)22(26)27-15-16-4-3-12-24-14-16/h1-10,12,14,21H,11,13,15H2. The van der Waals surface area contributed by atoms with E-state index < -0.39 is 0 Å². The van der Waals surface area contributed by atoms with Crippen LogP contribution in [0.3, 0.4) is 0 Å². The lowest BCUT2D eigenvalue weighted by molar-refractivity contribution is 0.0836. The Balaban J connectivity index is 1.62. The number of amides is 1. The van der Waals surface area contributed by atoms with Crippen LogP contribution in [0, 0.1) is 5.82 Å². The normalized spacial score (nSPS) is 15.9. The smallest absolute Gasteiger partial charge is 0.410 e. The predicted molar refractivity (Wildman–Crippen MR) is 99.5 cm³/mol. The van der Waals surface area contributed by atoms with E-state index in [1.165, 1.54) is 17.7 Å². The molecule has 0 radical (unpaired) electrons. The Morgan fingerprint density at radius 3 is 2.70 bits per heavy atom. The second-order valence-electron chi connectivity index (χ2n) is 6.51. The molecule has 3 aromatic rings. The van der Waals surface area contributed by atoms with Crippen molar-refractivity contribution >= 4 is 6.09 Å². The highest BCUT2D eigenvalue weighted by molar-refractivity contribution is 5.70. The lowest BCUT2D eigenvalue weighted by Gasteiger charge is -2.37. The number of carbonyl (C=O) groups is 1. The Kier molecular flexibility index (Phi) is 4.83. The number of hydrogen-bond acceptors (Lipinski definition) is 3. The molecule has 0 saturated carbocycles. The summed E-state index contributed by atoms with van der Waals surface area (Å²) in [7, 11) is 0. The van der Waals surface area contributed by atoms with E-state index in [2.05, 4.69) is 11.1 Å². The molecule has 1 unspecified atom stereocenters. The largest absolute Gasteiger partial charge is 0.444 e. The number of pyridine rings is 1. The number of halogens is 1. The van der Waals surface area contributed by atoms with Crippen LogP contribution in [0.1, 0.15) is 28.3 Å². The van der Waals surface area contributed by atoms with Gasteiger partial charge in [0.2, 0.25) is 0 Å². The van der Waals surface area contributed by atoms with Crippen LogP contribution in [0.5, 0.6) is 0 Å². The molecule has 5 heteroatoms. The Hall–Kier alpha value is -3.21. The SMILES string of the molecule is O=C(OCc1cccnc1)N1CCc2ccccc2C1c1ccc(F)cc1. The minimum absolute atomic E-state index is 0.168. The van der Waals surface area contributed by atoms with Gasteiger partial charge in [-0.05, 0) is 41.3 Å². The minimum atomic E-state index is -0.386. The van der Waals surface area contributed by atoms with Gasteiger partial charge in [0.15, 0.2) is 0 Å². The van der Waals surface area contributed by atoms with Crippen molar-refractivity contribution in [1.82, 2.24) is 9.88 Å². The third kappa shape index (κ3) is 3.67. The van der Waals surface area contributed by atoms with Gasteiger partial charge in [-0.25, -0.2) is 9.18 Å². The van der Waals surface area contributed by atoms with E-state index in [0.717, 1.165) is 23.1 Å². The van der Waals surface area contributed by atoms with E-state index in [1.807, 2.05) is 30.3 Å². The van der Waals surface area contributed by atoms with Crippen molar-refractivity contribution in [3.8, 4) is 0 Å². The van der Waals surface area contributed by atoms with Crippen molar-refractivity contribution in [2.75, 3.05) is 6.54 Å². The molecule has 4 rings (SSSR count). The number of ether oxygens (including phenoxy) is 1. The Labute approximate surface area is 157 Å². The topological polar surface area (TPSA) is 42.4 Å². The summed E-state index contributed by atoms with van der Waals surface area (Å²) in [5.41, 5.74) is 3.94. The number of rotatable bonds is 3. The van der Waals surface area contributed by atoms with Crippen LogP contribution in [-0.4, -0.2) is 22.5 Å². The predicted octanol–water partition coefficient (Wildman–Crippen LogP) is 4.51. The van der Waals surface area contributed by atoms with E-state index in [4.69, 9.17) is 4.74 Å². The van der Waals surface area contributed by atoms with Crippen molar-refractivity contribution in [2.24, 2.45) is 0 Å². The highest BCUT2D eigenvalue weighted by atomic mass is 19.1. The van der Waals surface area contributed by atoms with Crippen LogP contribution in [0.2, 0.25) is 0 Å². The van der Waals surface area contributed by atoms with Gasteiger partial charge in [0.25, 0.3) is 0 Å². The van der Waals surface area contributed by atoms with Crippen LogP contribution < -0.4 is 0 Å². The zero-order valence-corrected chi connectivity index (χ0v) is 14.7. The fraction of sp³-hybridized carbons (Fsp3) is 0.182. The molecule has 27 heavy (non-hydrogen) atoms. The highest BCUT2D eigenvalue weighted by Gasteiger charge is 2.32. The first-order chi connectivity index (χ1) is 13.2. The van der Waals surface area contributed by atoms with E-state index in [9.17, 15) is 9.18 Å². The van der Waals surface area contributed by atoms with Crippen LogP contribution in [0.25, 0.3) is 0 Å². The first-order valence-electron chi connectivity index (χ1n) is 8.88. The molecule has 0 fully saturated rings. The average molecular weight is 362 g/mol. The summed E-state index contributed by atoms with van der Waals surface area (Å²) < 4.78 is 18.9. The van der Waals surface area contributed by atoms with Crippen LogP contribution in [0.15, 0.2) is 73.1 Å². The molecule has 136 valence electrons. The number of carbonyl (C=O) groups excluding carboxylic acids is 1.